The van der Waals surface area contributed by atoms with Gasteiger partial charge in [-0.25, -0.2) is 9.78 Å². The molecule has 0 unspecified atom stereocenters. The molecule has 4 rings (SSSR count). The van der Waals surface area contributed by atoms with Crippen molar-refractivity contribution in [2.45, 2.75) is 33.4 Å². The van der Waals surface area contributed by atoms with Crippen molar-refractivity contribution < 1.29 is 14.0 Å². The molecule has 0 saturated heterocycles. The number of anilines is 1. The van der Waals surface area contributed by atoms with Crippen LogP contribution in [0.2, 0.25) is 0 Å². The van der Waals surface area contributed by atoms with Gasteiger partial charge in [-0.1, -0.05) is 54.1 Å². The van der Waals surface area contributed by atoms with Crippen LogP contribution in [0.3, 0.4) is 0 Å². The lowest BCUT2D eigenvalue weighted by Crippen LogP contribution is -2.34. The number of carbonyl (C=O) groups is 2. The van der Waals surface area contributed by atoms with Gasteiger partial charge < -0.3 is 20.4 Å². The molecule has 1 heterocycles. The van der Waals surface area contributed by atoms with Crippen LogP contribution in [-0.2, 0) is 6.54 Å². The molecule has 7 heteroatoms. The molecule has 0 atom stereocenters. The van der Waals surface area contributed by atoms with E-state index in [1.54, 1.807) is 24.4 Å². The van der Waals surface area contributed by atoms with Gasteiger partial charge in [0, 0.05) is 29.4 Å². The number of oxazole rings is 1. The van der Waals surface area contributed by atoms with E-state index in [1.807, 2.05) is 75.4 Å². The van der Waals surface area contributed by atoms with E-state index >= 15 is 0 Å². The zero-order chi connectivity index (χ0) is 24.8. The lowest BCUT2D eigenvalue weighted by atomic mass is 10.1. The maximum absolute atomic E-state index is 13.0. The van der Waals surface area contributed by atoms with Crippen LogP contribution in [0.5, 0.6) is 0 Å². The predicted molar refractivity (Wildman–Crippen MR) is 137 cm³/mol. The summed E-state index contributed by atoms with van der Waals surface area (Å²) in [6.07, 6.45) is 1.67. The zero-order valence-electron chi connectivity index (χ0n) is 20.0. The highest BCUT2D eigenvalue weighted by Crippen LogP contribution is 2.28. The monoisotopic (exact) mass is 468 g/mol. The number of aryl methyl sites for hydroxylation is 1. The second kappa shape index (κ2) is 10.7. The summed E-state index contributed by atoms with van der Waals surface area (Å²) in [6.45, 7) is 6.16. The van der Waals surface area contributed by atoms with Gasteiger partial charge in [0.15, 0.2) is 5.76 Å². The van der Waals surface area contributed by atoms with Crippen molar-refractivity contribution in [3.05, 3.63) is 95.7 Å². The first-order valence-electron chi connectivity index (χ1n) is 11.5. The highest BCUT2D eigenvalue weighted by atomic mass is 16.4. The minimum absolute atomic E-state index is 0.0536. The van der Waals surface area contributed by atoms with E-state index in [-0.39, 0.29) is 18.0 Å². The summed E-state index contributed by atoms with van der Waals surface area (Å²) in [5, 5.41) is 8.50. The molecule has 3 aromatic carbocycles. The Morgan fingerprint density at radius 2 is 1.66 bits per heavy atom. The van der Waals surface area contributed by atoms with Crippen molar-refractivity contribution in [1.29, 1.82) is 0 Å². The van der Waals surface area contributed by atoms with E-state index in [1.165, 1.54) is 0 Å². The van der Waals surface area contributed by atoms with Crippen LogP contribution in [0.25, 0.3) is 22.8 Å². The number of hydrogen-bond acceptors (Lipinski definition) is 4. The van der Waals surface area contributed by atoms with E-state index in [0.29, 0.717) is 35.0 Å². The Labute approximate surface area is 204 Å². The fraction of sp³-hybridized carbons (Fsp3) is 0.179. The molecule has 3 N–H and O–H groups in total. The lowest BCUT2D eigenvalue weighted by molar-refractivity contribution is 0.0951. The summed E-state index contributed by atoms with van der Waals surface area (Å²) in [5.41, 5.74) is 4.78. The molecule has 1 aromatic heterocycles. The molecule has 0 radical (unpaired) electrons. The Morgan fingerprint density at radius 1 is 0.943 bits per heavy atom. The Morgan fingerprint density at radius 3 is 2.37 bits per heavy atom. The molecule has 3 amide bonds. The van der Waals surface area contributed by atoms with E-state index < -0.39 is 0 Å². The van der Waals surface area contributed by atoms with Gasteiger partial charge in [-0.15, -0.1) is 0 Å². The number of amides is 3. The number of carbonyl (C=O) groups excluding carboxylic acids is 2. The Hall–Kier alpha value is -4.39. The van der Waals surface area contributed by atoms with Gasteiger partial charge >= 0.3 is 6.03 Å². The SMILES string of the molecule is Cc1ccc(-c2cnc(-c3ccccc3C(=O)NCc3ccc(NC(=O)NC(C)C)cc3)o2)cc1. The Balaban J connectivity index is 1.42. The first-order chi connectivity index (χ1) is 16.9. The smallest absolute Gasteiger partial charge is 0.319 e. The molecular weight excluding hydrogens is 440 g/mol. The average Bonchev–Trinajstić information content (AvgIpc) is 3.33. The van der Waals surface area contributed by atoms with Crippen LogP contribution >= 0.6 is 0 Å². The molecule has 0 aliphatic rings. The van der Waals surface area contributed by atoms with E-state index in [9.17, 15) is 9.59 Å². The molecule has 7 nitrogen and oxygen atoms in total. The number of rotatable bonds is 7. The van der Waals surface area contributed by atoms with Crippen LogP contribution in [0, 0.1) is 6.92 Å². The summed E-state index contributed by atoms with van der Waals surface area (Å²) < 4.78 is 5.99. The molecule has 0 saturated carbocycles. The molecule has 35 heavy (non-hydrogen) atoms. The minimum atomic E-state index is -0.255. The van der Waals surface area contributed by atoms with Gasteiger partial charge in [-0.2, -0.15) is 0 Å². The molecule has 4 aromatic rings. The molecule has 0 aliphatic carbocycles. The van der Waals surface area contributed by atoms with Crippen LogP contribution in [0.15, 0.2) is 83.4 Å². The number of hydrogen-bond donors (Lipinski definition) is 3. The lowest BCUT2D eigenvalue weighted by Gasteiger charge is -2.11. The fourth-order valence-electron chi connectivity index (χ4n) is 3.53. The van der Waals surface area contributed by atoms with Gasteiger partial charge in [0.05, 0.1) is 11.8 Å². The van der Waals surface area contributed by atoms with E-state index in [2.05, 4.69) is 20.9 Å². The molecule has 0 aliphatic heterocycles. The zero-order valence-corrected chi connectivity index (χ0v) is 20.0. The highest BCUT2D eigenvalue weighted by Gasteiger charge is 2.17. The fourth-order valence-corrected chi connectivity index (χ4v) is 3.53. The predicted octanol–water partition coefficient (Wildman–Crippen LogP) is 5.78. The van der Waals surface area contributed by atoms with Crippen LogP contribution in [-0.4, -0.2) is 23.0 Å². The number of urea groups is 1. The molecule has 0 bridgehead atoms. The van der Waals surface area contributed by atoms with Crippen molar-refractivity contribution in [3.8, 4) is 22.8 Å². The summed E-state index contributed by atoms with van der Waals surface area (Å²) >= 11 is 0. The normalized spacial score (nSPS) is 10.7. The summed E-state index contributed by atoms with van der Waals surface area (Å²) in [6, 6.07) is 22.3. The number of benzene rings is 3. The van der Waals surface area contributed by atoms with E-state index in [0.717, 1.165) is 16.7 Å². The second-order valence-electron chi connectivity index (χ2n) is 8.57. The summed E-state index contributed by atoms with van der Waals surface area (Å²) in [4.78, 5) is 29.2. The topological polar surface area (TPSA) is 96.3 Å². The van der Waals surface area contributed by atoms with Gasteiger partial charge in [-0.05, 0) is 50.6 Å². The number of aromatic nitrogens is 1. The van der Waals surface area contributed by atoms with Crippen LogP contribution in [0.1, 0.15) is 35.3 Å². The molecule has 0 spiro atoms. The standard InChI is InChI=1S/C28H28N4O3/c1-18(2)31-28(34)32-22-14-10-20(11-15-22)16-29-26(33)23-6-4-5-7-24(23)27-30-17-25(35-27)21-12-8-19(3)9-13-21/h4-15,17-18H,16H2,1-3H3,(H,29,33)(H2,31,32,34). The Bertz CT molecular complexity index is 1310. The van der Waals surface area contributed by atoms with Crippen molar-refractivity contribution >= 4 is 17.6 Å². The molecular formula is C28H28N4O3. The minimum Gasteiger partial charge on any atom is -0.436 e. The number of nitrogens with zero attached hydrogens (tertiary/aromatic N) is 1. The Kier molecular flexibility index (Phi) is 7.26. The van der Waals surface area contributed by atoms with Crippen LogP contribution in [0.4, 0.5) is 10.5 Å². The average molecular weight is 469 g/mol. The summed E-state index contributed by atoms with van der Waals surface area (Å²) in [7, 11) is 0. The second-order valence-corrected chi connectivity index (χ2v) is 8.57. The maximum Gasteiger partial charge on any atom is 0.319 e. The summed E-state index contributed by atoms with van der Waals surface area (Å²) in [5.74, 6) is 0.807. The van der Waals surface area contributed by atoms with E-state index in [4.69, 9.17) is 4.42 Å². The third kappa shape index (κ3) is 6.14. The third-order valence-corrected chi connectivity index (χ3v) is 5.33. The largest absolute Gasteiger partial charge is 0.436 e. The van der Waals surface area contributed by atoms with Crippen molar-refractivity contribution in [2.24, 2.45) is 0 Å². The van der Waals surface area contributed by atoms with Gasteiger partial charge in [-0.3, -0.25) is 4.79 Å². The van der Waals surface area contributed by atoms with Gasteiger partial charge in [0.1, 0.15) is 0 Å². The quantitative estimate of drug-likeness (QED) is 0.320. The number of nitrogens with one attached hydrogen (secondary N) is 3. The first-order valence-corrected chi connectivity index (χ1v) is 11.5. The molecule has 0 fully saturated rings. The van der Waals surface area contributed by atoms with Crippen molar-refractivity contribution in [3.63, 3.8) is 0 Å². The van der Waals surface area contributed by atoms with Gasteiger partial charge in [0.2, 0.25) is 5.89 Å². The van der Waals surface area contributed by atoms with Crippen molar-refractivity contribution in [1.82, 2.24) is 15.6 Å². The van der Waals surface area contributed by atoms with Crippen LogP contribution < -0.4 is 16.0 Å². The third-order valence-electron chi connectivity index (χ3n) is 5.33. The highest BCUT2D eigenvalue weighted by molar-refractivity contribution is 6.00. The van der Waals surface area contributed by atoms with Gasteiger partial charge in [0.25, 0.3) is 5.91 Å². The first kappa shape index (κ1) is 23.8. The molecule has 178 valence electrons. The maximum atomic E-state index is 13.0. The van der Waals surface area contributed by atoms with Crippen molar-refractivity contribution in [2.75, 3.05) is 5.32 Å².